The third-order valence-electron chi connectivity index (χ3n) is 1.60. The number of carbonyl (C=O) groups is 1. The van der Waals surface area contributed by atoms with Gasteiger partial charge in [-0.25, -0.2) is 4.79 Å². The minimum atomic E-state index is -0.358. The molecule has 3 nitrogen and oxygen atoms in total. The number of ether oxygens (including phenoxy) is 1. The van der Waals surface area contributed by atoms with E-state index in [9.17, 15) is 4.79 Å². The van der Waals surface area contributed by atoms with Crippen LogP contribution in [0.5, 0.6) is 0 Å². The first-order chi connectivity index (χ1) is 6.24. The highest BCUT2D eigenvalue weighted by Crippen LogP contribution is 2.09. The van der Waals surface area contributed by atoms with Crippen LogP contribution in [0.25, 0.3) is 5.57 Å². The summed E-state index contributed by atoms with van der Waals surface area (Å²) in [6.45, 7) is 1.82. The topological polar surface area (TPSA) is 39.2 Å². The molecule has 0 aliphatic heterocycles. The fourth-order valence-corrected chi connectivity index (χ4v) is 0.906. The zero-order valence-electron chi connectivity index (χ0n) is 7.65. The molecule has 0 aliphatic rings. The van der Waals surface area contributed by atoms with E-state index in [2.05, 4.69) is 9.72 Å². The van der Waals surface area contributed by atoms with Crippen molar-refractivity contribution < 1.29 is 9.53 Å². The molecule has 1 heterocycles. The normalized spacial score (nSPS) is 11.1. The molecule has 0 bridgehead atoms. The Hall–Kier alpha value is -1.64. The summed E-state index contributed by atoms with van der Waals surface area (Å²) < 4.78 is 4.50. The summed E-state index contributed by atoms with van der Waals surface area (Å²) in [5, 5.41) is 0. The summed E-state index contributed by atoms with van der Waals surface area (Å²) in [5.74, 6) is -0.358. The molecule has 3 heteroatoms. The highest BCUT2D eigenvalue weighted by Gasteiger charge is 1.99. The highest BCUT2D eigenvalue weighted by atomic mass is 16.5. The van der Waals surface area contributed by atoms with E-state index < -0.39 is 0 Å². The van der Waals surface area contributed by atoms with E-state index in [1.807, 2.05) is 25.1 Å². The Morgan fingerprint density at radius 2 is 2.31 bits per heavy atom. The molecule has 0 saturated heterocycles. The van der Waals surface area contributed by atoms with Crippen LogP contribution in [-0.2, 0) is 9.53 Å². The Labute approximate surface area is 77.1 Å². The van der Waals surface area contributed by atoms with E-state index in [-0.39, 0.29) is 5.97 Å². The predicted molar refractivity (Wildman–Crippen MR) is 49.9 cm³/mol. The minimum absolute atomic E-state index is 0.358. The van der Waals surface area contributed by atoms with Crippen LogP contribution < -0.4 is 0 Å². The lowest BCUT2D eigenvalue weighted by molar-refractivity contribution is -0.134. The zero-order chi connectivity index (χ0) is 9.68. The molecular formula is C10H11NO2. The van der Waals surface area contributed by atoms with Crippen LogP contribution in [0.3, 0.4) is 0 Å². The van der Waals surface area contributed by atoms with Crippen LogP contribution in [0.4, 0.5) is 0 Å². The maximum absolute atomic E-state index is 10.9. The van der Waals surface area contributed by atoms with Crippen LogP contribution in [0.15, 0.2) is 30.5 Å². The first-order valence-corrected chi connectivity index (χ1v) is 3.91. The van der Waals surface area contributed by atoms with Gasteiger partial charge in [0.2, 0.25) is 0 Å². The largest absolute Gasteiger partial charge is 0.466 e. The van der Waals surface area contributed by atoms with Gasteiger partial charge >= 0.3 is 5.97 Å². The third kappa shape index (κ3) is 2.71. The van der Waals surface area contributed by atoms with Gasteiger partial charge in [-0.15, -0.1) is 0 Å². The van der Waals surface area contributed by atoms with E-state index in [1.54, 1.807) is 6.20 Å². The molecule has 1 aromatic rings. The summed E-state index contributed by atoms with van der Waals surface area (Å²) in [4.78, 5) is 15.0. The molecule has 0 amide bonds. The van der Waals surface area contributed by atoms with Crippen molar-refractivity contribution in [3.05, 3.63) is 36.2 Å². The van der Waals surface area contributed by atoms with Gasteiger partial charge in [0.25, 0.3) is 0 Å². The molecule has 0 aliphatic carbocycles. The summed E-state index contributed by atoms with van der Waals surface area (Å²) in [6.07, 6.45) is 3.10. The van der Waals surface area contributed by atoms with Gasteiger partial charge in [0.1, 0.15) is 0 Å². The number of nitrogens with zero attached hydrogens (tertiary/aromatic N) is 1. The number of hydrogen-bond acceptors (Lipinski definition) is 3. The lowest BCUT2D eigenvalue weighted by Crippen LogP contribution is -1.96. The number of aromatic nitrogens is 1. The summed E-state index contributed by atoms with van der Waals surface area (Å²) in [5.41, 5.74) is 1.58. The van der Waals surface area contributed by atoms with Crippen molar-refractivity contribution in [1.29, 1.82) is 0 Å². The van der Waals surface area contributed by atoms with Crippen molar-refractivity contribution >= 4 is 11.5 Å². The number of rotatable bonds is 2. The van der Waals surface area contributed by atoms with Gasteiger partial charge < -0.3 is 4.74 Å². The number of carbonyl (C=O) groups excluding carboxylic acids is 1. The molecule has 0 spiro atoms. The van der Waals surface area contributed by atoms with Crippen molar-refractivity contribution in [2.75, 3.05) is 7.11 Å². The fourth-order valence-electron chi connectivity index (χ4n) is 0.906. The number of methoxy groups -OCH3 is 1. The van der Waals surface area contributed by atoms with E-state index in [0.29, 0.717) is 0 Å². The molecule has 0 saturated carbocycles. The van der Waals surface area contributed by atoms with Gasteiger partial charge in [0, 0.05) is 12.3 Å². The predicted octanol–water partition coefficient (Wildman–Crippen LogP) is 1.66. The summed E-state index contributed by atoms with van der Waals surface area (Å²) in [6, 6.07) is 5.54. The monoisotopic (exact) mass is 177 g/mol. The van der Waals surface area contributed by atoms with Gasteiger partial charge in [0.15, 0.2) is 0 Å². The first kappa shape index (κ1) is 9.45. The molecule has 68 valence electrons. The molecule has 1 rings (SSSR count). The molecule has 0 fully saturated rings. The maximum atomic E-state index is 10.9. The fraction of sp³-hybridized carbons (Fsp3) is 0.200. The third-order valence-corrected chi connectivity index (χ3v) is 1.60. The molecule has 0 unspecified atom stereocenters. The average molecular weight is 177 g/mol. The Kier molecular flexibility index (Phi) is 3.20. The molecule has 0 radical (unpaired) electrons. The van der Waals surface area contributed by atoms with Crippen molar-refractivity contribution in [2.24, 2.45) is 0 Å². The smallest absolute Gasteiger partial charge is 0.330 e. The van der Waals surface area contributed by atoms with Crippen LogP contribution in [0, 0.1) is 0 Å². The Balaban J connectivity index is 2.85. The van der Waals surface area contributed by atoms with E-state index in [1.165, 1.54) is 13.2 Å². The molecule has 0 N–H and O–H groups in total. The highest BCUT2D eigenvalue weighted by molar-refractivity contribution is 5.90. The van der Waals surface area contributed by atoms with Gasteiger partial charge in [-0.1, -0.05) is 6.07 Å². The van der Waals surface area contributed by atoms with Crippen LogP contribution >= 0.6 is 0 Å². The molecule has 1 aromatic heterocycles. The lowest BCUT2D eigenvalue weighted by Gasteiger charge is -1.98. The SMILES string of the molecule is COC(=O)/C=C(\C)c1ccccn1. The zero-order valence-corrected chi connectivity index (χ0v) is 7.65. The number of esters is 1. The first-order valence-electron chi connectivity index (χ1n) is 3.91. The van der Waals surface area contributed by atoms with Crippen molar-refractivity contribution in [3.63, 3.8) is 0 Å². The van der Waals surface area contributed by atoms with Crippen LogP contribution in [0.1, 0.15) is 12.6 Å². The minimum Gasteiger partial charge on any atom is -0.466 e. The summed E-state index contributed by atoms with van der Waals surface area (Å²) in [7, 11) is 1.35. The van der Waals surface area contributed by atoms with E-state index in [0.717, 1.165) is 11.3 Å². The second kappa shape index (κ2) is 4.40. The Morgan fingerprint density at radius 3 is 2.85 bits per heavy atom. The number of allylic oxidation sites excluding steroid dienone is 1. The van der Waals surface area contributed by atoms with Gasteiger partial charge in [0.05, 0.1) is 12.8 Å². The Morgan fingerprint density at radius 1 is 1.54 bits per heavy atom. The van der Waals surface area contributed by atoms with Crippen LogP contribution in [-0.4, -0.2) is 18.1 Å². The van der Waals surface area contributed by atoms with Gasteiger partial charge in [-0.3, -0.25) is 4.98 Å². The summed E-state index contributed by atoms with van der Waals surface area (Å²) >= 11 is 0. The molecule has 0 atom stereocenters. The molecule has 0 aromatic carbocycles. The van der Waals surface area contributed by atoms with Crippen molar-refractivity contribution in [1.82, 2.24) is 4.98 Å². The quantitative estimate of drug-likeness (QED) is 0.509. The standard InChI is InChI=1S/C10H11NO2/c1-8(7-10(12)13-2)9-5-3-4-6-11-9/h3-7H,1-2H3/b8-7+. The molecular weight excluding hydrogens is 166 g/mol. The van der Waals surface area contributed by atoms with Gasteiger partial charge in [-0.05, 0) is 24.6 Å². The second-order valence-corrected chi connectivity index (χ2v) is 2.57. The van der Waals surface area contributed by atoms with Gasteiger partial charge in [-0.2, -0.15) is 0 Å². The van der Waals surface area contributed by atoms with Crippen molar-refractivity contribution in [3.8, 4) is 0 Å². The number of pyridine rings is 1. The van der Waals surface area contributed by atoms with E-state index in [4.69, 9.17) is 0 Å². The maximum Gasteiger partial charge on any atom is 0.330 e. The van der Waals surface area contributed by atoms with Crippen LogP contribution in [0.2, 0.25) is 0 Å². The Bertz CT molecular complexity index is 317. The van der Waals surface area contributed by atoms with E-state index >= 15 is 0 Å². The molecule has 13 heavy (non-hydrogen) atoms. The average Bonchev–Trinajstić information content (AvgIpc) is 2.19. The second-order valence-electron chi connectivity index (χ2n) is 2.57. The number of hydrogen-bond donors (Lipinski definition) is 0. The lowest BCUT2D eigenvalue weighted by atomic mass is 10.2. The van der Waals surface area contributed by atoms with Crippen molar-refractivity contribution in [2.45, 2.75) is 6.92 Å².